The molecular weight excluding hydrogens is 318 g/mol. The summed E-state index contributed by atoms with van der Waals surface area (Å²) in [6.07, 6.45) is 3.82. The van der Waals surface area contributed by atoms with Gasteiger partial charge in [-0.3, -0.25) is 0 Å². The van der Waals surface area contributed by atoms with Gasteiger partial charge in [-0.1, -0.05) is 0 Å². The third kappa shape index (κ3) is 2.89. The van der Waals surface area contributed by atoms with Crippen LogP contribution in [0.5, 0.6) is 0 Å². The first-order chi connectivity index (χ1) is 10.6. The Hall–Kier alpha value is -1.79. The summed E-state index contributed by atoms with van der Waals surface area (Å²) in [5.41, 5.74) is 2.39. The molecule has 0 saturated heterocycles. The van der Waals surface area contributed by atoms with Gasteiger partial charge in [0.2, 0.25) is 5.28 Å². The van der Waals surface area contributed by atoms with Gasteiger partial charge in [0.1, 0.15) is 0 Å². The molecule has 0 aliphatic heterocycles. The van der Waals surface area contributed by atoms with E-state index in [9.17, 15) is 0 Å². The van der Waals surface area contributed by atoms with Crippen LogP contribution < -0.4 is 5.32 Å². The summed E-state index contributed by atoms with van der Waals surface area (Å²) in [6, 6.07) is 8.38. The summed E-state index contributed by atoms with van der Waals surface area (Å²) in [5, 5.41) is 3.48. The summed E-state index contributed by atoms with van der Waals surface area (Å²) in [7, 11) is 0. The van der Waals surface area contributed by atoms with Crippen LogP contribution in [0.15, 0.2) is 35.5 Å². The Bertz CT molecular complexity index is 798. The Balaban J connectivity index is 2.02. The molecule has 1 aromatic carbocycles. The molecule has 0 aliphatic carbocycles. The van der Waals surface area contributed by atoms with Gasteiger partial charge in [-0.2, -0.15) is 9.97 Å². The summed E-state index contributed by atoms with van der Waals surface area (Å²) in [4.78, 5) is 14.2. The predicted octanol–water partition coefficient (Wildman–Crippen LogP) is 4.53. The van der Waals surface area contributed by atoms with E-state index in [4.69, 9.17) is 11.6 Å². The quantitative estimate of drug-likeness (QED) is 0.561. The van der Waals surface area contributed by atoms with Gasteiger partial charge in [-0.05, 0) is 56.0 Å². The highest BCUT2D eigenvalue weighted by molar-refractivity contribution is 7.98. The maximum absolute atomic E-state index is 6.06. The van der Waals surface area contributed by atoms with Gasteiger partial charge in [0.15, 0.2) is 17.0 Å². The van der Waals surface area contributed by atoms with Crippen molar-refractivity contribution in [3.8, 4) is 0 Å². The molecule has 0 atom stereocenters. The van der Waals surface area contributed by atoms with Crippen molar-refractivity contribution < 1.29 is 0 Å². The zero-order chi connectivity index (χ0) is 15.7. The summed E-state index contributed by atoms with van der Waals surface area (Å²) < 4.78 is 1.98. The molecule has 3 aromatic rings. The van der Waals surface area contributed by atoms with Crippen LogP contribution in [0, 0.1) is 0 Å². The van der Waals surface area contributed by atoms with Crippen molar-refractivity contribution in [2.45, 2.75) is 24.8 Å². The van der Waals surface area contributed by atoms with Crippen LogP contribution >= 0.6 is 23.4 Å². The van der Waals surface area contributed by atoms with E-state index in [1.165, 1.54) is 4.90 Å². The maximum Gasteiger partial charge on any atom is 0.226 e. The lowest BCUT2D eigenvalue weighted by molar-refractivity contribution is 0.612. The van der Waals surface area contributed by atoms with Crippen LogP contribution in [-0.2, 0) is 0 Å². The van der Waals surface area contributed by atoms with Crippen molar-refractivity contribution in [3.63, 3.8) is 0 Å². The Kier molecular flexibility index (Phi) is 4.22. The van der Waals surface area contributed by atoms with Crippen molar-refractivity contribution in [2.24, 2.45) is 0 Å². The Labute approximate surface area is 138 Å². The minimum atomic E-state index is 0.207. The molecule has 3 rings (SSSR count). The lowest BCUT2D eigenvalue weighted by Gasteiger charge is -2.09. The van der Waals surface area contributed by atoms with Crippen molar-refractivity contribution in [2.75, 3.05) is 11.6 Å². The van der Waals surface area contributed by atoms with Gasteiger partial charge in [0.05, 0.1) is 6.33 Å². The zero-order valence-corrected chi connectivity index (χ0v) is 14.1. The van der Waals surface area contributed by atoms with Gasteiger partial charge in [0, 0.05) is 16.6 Å². The molecule has 0 unspecified atom stereocenters. The van der Waals surface area contributed by atoms with Crippen LogP contribution in [0.1, 0.15) is 19.9 Å². The molecule has 2 aromatic heterocycles. The van der Waals surface area contributed by atoms with Crippen LogP contribution in [0.3, 0.4) is 0 Å². The number of nitrogens with one attached hydrogen (secondary N) is 1. The highest BCUT2D eigenvalue weighted by Gasteiger charge is 2.14. The van der Waals surface area contributed by atoms with E-state index in [2.05, 4.69) is 52.5 Å². The highest BCUT2D eigenvalue weighted by Crippen LogP contribution is 2.26. The number of aromatic nitrogens is 4. The molecule has 0 aliphatic rings. The monoisotopic (exact) mass is 333 g/mol. The first-order valence-corrected chi connectivity index (χ1v) is 8.50. The molecule has 0 radical (unpaired) electrons. The average molecular weight is 334 g/mol. The standard InChI is InChI=1S/C15H16ClN5S/c1-9(2)21-8-17-12-13(19-15(16)20-14(12)21)18-10-4-6-11(22-3)7-5-10/h4-9H,1-3H3,(H,18,19,20). The fraction of sp³-hybridized carbons (Fsp3) is 0.267. The van der Waals surface area contributed by atoms with E-state index >= 15 is 0 Å². The molecule has 7 heteroatoms. The average Bonchev–Trinajstić information content (AvgIpc) is 2.92. The van der Waals surface area contributed by atoms with E-state index in [0.717, 1.165) is 11.3 Å². The van der Waals surface area contributed by atoms with Gasteiger partial charge in [-0.25, -0.2) is 4.98 Å². The van der Waals surface area contributed by atoms with Crippen molar-refractivity contribution >= 4 is 46.0 Å². The first kappa shape index (κ1) is 15.1. The Morgan fingerprint density at radius 3 is 2.55 bits per heavy atom. The van der Waals surface area contributed by atoms with Gasteiger partial charge in [0.25, 0.3) is 0 Å². The SMILES string of the molecule is CSc1ccc(Nc2nc(Cl)nc3c2ncn3C(C)C)cc1. The normalized spacial score (nSPS) is 11.3. The van der Waals surface area contributed by atoms with Gasteiger partial charge < -0.3 is 9.88 Å². The number of hydrogen-bond acceptors (Lipinski definition) is 5. The molecule has 0 spiro atoms. The lowest BCUT2D eigenvalue weighted by Crippen LogP contribution is -2.02. The largest absolute Gasteiger partial charge is 0.338 e. The number of anilines is 2. The van der Waals surface area contributed by atoms with Crippen LogP contribution in [0.4, 0.5) is 11.5 Å². The molecule has 0 saturated carbocycles. The molecular formula is C15H16ClN5S. The topological polar surface area (TPSA) is 55.6 Å². The molecule has 1 N–H and O–H groups in total. The molecule has 5 nitrogen and oxygen atoms in total. The summed E-state index contributed by atoms with van der Waals surface area (Å²) in [5.74, 6) is 0.617. The number of rotatable bonds is 4. The second-order valence-corrected chi connectivity index (χ2v) is 6.33. The van der Waals surface area contributed by atoms with Crippen LogP contribution in [-0.4, -0.2) is 25.8 Å². The number of imidazole rings is 1. The smallest absolute Gasteiger partial charge is 0.226 e. The maximum atomic E-state index is 6.06. The Morgan fingerprint density at radius 2 is 1.91 bits per heavy atom. The third-order valence-electron chi connectivity index (χ3n) is 3.30. The van der Waals surface area contributed by atoms with Gasteiger partial charge >= 0.3 is 0 Å². The second-order valence-electron chi connectivity index (χ2n) is 5.11. The molecule has 22 heavy (non-hydrogen) atoms. The highest BCUT2D eigenvalue weighted by atomic mass is 35.5. The van der Waals surface area contributed by atoms with Gasteiger partial charge in [-0.15, -0.1) is 11.8 Å². The Morgan fingerprint density at radius 1 is 1.18 bits per heavy atom. The summed E-state index contributed by atoms with van der Waals surface area (Å²) in [6.45, 7) is 4.15. The minimum absolute atomic E-state index is 0.207. The zero-order valence-electron chi connectivity index (χ0n) is 12.5. The predicted molar refractivity (Wildman–Crippen MR) is 92.2 cm³/mol. The molecule has 0 amide bonds. The second kappa shape index (κ2) is 6.14. The lowest BCUT2D eigenvalue weighted by atomic mass is 10.3. The van der Waals surface area contributed by atoms with E-state index in [0.29, 0.717) is 11.3 Å². The fourth-order valence-corrected chi connectivity index (χ4v) is 2.74. The number of benzene rings is 1. The van der Waals surface area contributed by atoms with Crippen molar-refractivity contribution in [3.05, 3.63) is 35.9 Å². The van der Waals surface area contributed by atoms with E-state index < -0.39 is 0 Å². The molecule has 0 fully saturated rings. The van der Waals surface area contributed by atoms with Crippen LogP contribution in [0.2, 0.25) is 5.28 Å². The number of halogens is 1. The minimum Gasteiger partial charge on any atom is -0.338 e. The molecule has 0 bridgehead atoms. The van der Waals surface area contributed by atoms with E-state index in [1.54, 1.807) is 18.1 Å². The van der Waals surface area contributed by atoms with E-state index in [1.807, 2.05) is 16.7 Å². The summed E-state index contributed by atoms with van der Waals surface area (Å²) >= 11 is 7.77. The first-order valence-electron chi connectivity index (χ1n) is 6.89. The van der Waals surface area contributed by atoms with Crippen molar-refractivity contribution in [1.29, 1.82) is 0 Å². The number of fused-ring (bicyclic) bond motifs is 1. The molecule has 2 heterocycles. The van der Waals surface area contributed by atoms with E-state index in [-0.39, 0.29) is 11.3 Å². The number of thioether (sulfide) groups is 1. The number of nitrogens with zero attached hydrogens (tertiary/aromatic N) is 4. The van der Waals surface area contributed by atoms with Crippen LogP contribution in [0.25, 0.3) is 11.2 Å². The third-order valence-corrected chi connectivity index (χ3v) is 4.22. The van der Waals surface area contributed by atoms with Crippen molar-refractivity contribution in [1.82, 2.24) is 19.5 Å². The number of hydrogen-bond donors (Lipinski definition) is 1. The fourth-order valence-electron chi connectivity index (χ4n) is 2.17. The molecule has 114 valence electrons.